The molecule has 3 rings (SSSR count). The van der Waals surface area contributed by atoms with E-state index in [9.17, 15) is 8.78 Å². The minimum Gasteiger partial charge on any atom is -0.403 e. The van der Waals surface area contributed by atoms with Gasteiger partial charge in [0.05, 0.1) is 11.2 Å². The SMILES string of the molecule is C[C@@H]1C(B2OC(C)(C)C(C)(C)O2)C1c1ccc(F)cc1F. The molecule has 1 aromatic carbocycles. The Bertz CT molecular complexity index is 557. The summed E-state index contributed by atoms with van der Waals surface area (Å²) in [6.45, 7) is 10.1. The van der Waals surface area contributed by atoms with Crippen LogP contribution in [0.2, 0.25) is 5.82 Å². The van der Waals surface area contributed by atoms with Gasteiger partial charge in [0.1, 0.15) is 11.6 Å². The van der Waals surface area contributed by atoms with Gasteiger partial charge in [-0.15, -0.1) is 0 Å². The van der Waals surface area contributed by atoms with E-state index in [4.69, 9.17) is 9.31 Å². The Labute approximate surface area is 125 Å². The number of hydrogen-bond donors (Lipinski definition) is 0. The van der Waals surface area contributed by atoms with E-state index in [0.29, 0.717) is 5.56 Å². The Balaban J connectivity index is 1.81. The van der Waals surface area contributed by atoms with E-state index in [0.717, 1.165) is 6.07 Å². The van der Waals surface area contributed by atoms with Gasteiger partial charge >= 0.3 is 7.12 Å². The zero-order valence-corrected chi connectivity index (χ0v) is 13.1. The van der Waals surface area contributed by atoms with E-state index in [-0.39, 0.29) is 36.0 Å². The Kier molecular flexibility index (Phi) is 3.23. The first kappa shape index (κ1) is 15.0. The predicted octanol–water partition coefficient (Wildman–Crippen LogP) is 4.16. The first-order valence-corrected chi connectivity index (χ1v) is 7.45. The zero-order valence-electron chi connectivity index (χ0n) is 13.1. The summed E-state index contributed by atoms with van der Waals surface area (Å²) >= 11 is 0. The van der Waals surface area contributed by atoms with Gasteiger partial charge in [-0.3, -0.25) is 0 Å². The molecule has 2 fully saturated rings. The molecule has 0 radical (unpaired) electrons. The smallest absolute Gasteiger partial charge is 0.403 e. The van der Waals surface area contributed by atoms with E-state index in [1.54, 1.807) is 0 Å². The molecule has 3 atom stereocenters. The topological polar surface area (TPSA) is 18.5 Å². The van der Waals surface area contributed by atoms with Gasteiger partial charge in [-0.2, -0.15) is 0 Å². The average Bonchev–Trinajstić information content (AvgIpc) is 2.92. The summed E-state index contributed by atoms with van der Waals surface area (Å²) in [5.74, 6) is -0.617. The van der Waals surface area contributed by atoms with Gasteiger partial charge in [-0.05, 0) is 51.2 Å². The lowest BCUT2D eigenvalue weighted by Gasteiger charge is -2.32. The third kappa shape index (κ3) is 2.31. The van der Waals surface area contributed by atoms with Crippen molar-refractivity contribution in [2.45, 2.75) is 57.6 Å². The minimum atomic E-state index is -0.545. The highest BCUT2D eigenvalue weighted by Gasteiger charge is 2.63. The summed E-state index contributed by atoms with van der Waals surface area (Å²) in [5, 5.41) is 0. The molecule has 0 N–H and O–H groups in total. The largest absolute Gasteiger partial charge is 0.462 e. The molecule has 1 saturated heterocycles. The summed E-state index contributed by atoms with van der Waals surface area (Å²) in [7, 11) is -0.334. The van der Waals surface area contributed by atoms with Crippen molar-refractivity contribution in [3.05, 3.63) is 35.4 Å². The molecule has 2 aliphatic rings. The van der Waals surface area contributed by atoms with Gasteiger partial charge in [-0.1, -0.05) is 13.0 Å². The van der Waals surface area contributed by atoms with Gasteiger partial charge in [0.15, 0.2) is 0 Å². The average molecular weight is 294 g/mol. The van der Waals surface area contributed by atoms with Crippen molar-refractivity contribution < 1.29 is 18.1 Å². The molecule has 1 aromatic rings. The van der Waals surface area contributed by atoms with E-state index in [1.165, 1.54) is 12.1 Å². The van der Waals surface area contributed by atoms with Crippen LogP contribution < -0.4 is 0 Å². The Morgan fingerprint density at radius 1 is 1.05 bits per heavy atom. The summed E-state index contributed by atoms with van der Waals surface area (Å²) < 4.78 is 39.1. The van der Waals surface area contributed by atoms with Crippen LogP contribution in [-0.4, -0.2) is 18.3 Å². The summed E-state index contributed by atoms with van der Waals surface area (Å²) in [4.78, 5) is 0. The van der Waals surface area contributed by atoms with Crippen molar-refractivity contribution in [1.29, 1.82) is 0 Å². The van der Waals surface area contributed by atoms with Gasteiger partial charge in [0.25, 0.3) is 0 Å². The zero-order chi connectivity index (χ0) is 15.6. The van der Waals surface area contributed by atoms with Crippen LogP contribution in [0.15, 0.2) is 18.2 Å². The third-order valence-corrected chi connectivity index (χ3v) is 5.35. The molecule has 2 nitrogen and oxygen atoms in total. The predicted molar refractivity (Wildman–Crippen MR) is 78.1 cm³/mol. The van der Waals surface area contributed by atoms with Crippen molar-refractivity contribution in [3.63, 3.8) is 0 Å². The second kappa shape index (κ2) is 4.53. The van der Waals surface area contributed by atoms with Crippen molar-refractivity contribution in [2.75, 3.05) is 0 Å². The van der Waals surface area contributed by atoms with Crippen LogP contribution in [0, 0.1) is 17.6 Å². The van der Waals surface area contributed by atoms with Gasteiger partial charge in [-0.25, -0.2) is 8.78 Å². The number of benzene rings is 1. The summed E-state index contributed by atoms with van der Waals surface area (Å²) in [6.07, 6.45) is 0. The summed E-state index contributed by atoms with van der Waals surface area (Å²) in [5.41, 5.74) is -0.207. The molecule has 2 unspecified atom stereocenters. The summed E-state index contributed by atoms with van der Waals surface area (Å²) in [6, 6.07) is 3.80. The molecule has 0 spiro atoms. The van der Waals surface area contributed by atoms with Crippen molar-refractivity contribution in [2.24, 2.45) is 5.92 Å². The highest BCUT2D eigenvalue weighted by molar-refractivity contribution is 6.49. The van der Waals surface area contributed by atoms with Gasteiger partial charge < -0.3 is 9.31 Å². The maximum atomic E-state index is 14.0. The number of rotatable bonds is 2. The lowest BCUT2D eigenvalue weighted by atomic mass is 9.79. The maximum absolute atomic E-state index is 14.0. The Morgan fingerprint density at radius 3 is 2.14 bits per heavy atom. The molecular formula is C16H21BF2O2. The van der Waals surface area contributed by atoms with E-state index in [1.807, 2.05) is 27.7 Å². The molecule has 1 aliphatic heterocycles. The third-order valence-electron chi connectivity index (χ3n) is 5.35. The highest BCUT2D eigenvalue weighted by Crippen LogP contribution is 2.63. The van der Waals surface area contributed by atoms with Crippen LogP contribution in [0.1, 0.15) is 46.1 Å². The second-order valence-corrected chi connectivity index (χ2v) is 7.25. The quantitative estimate of drug-likeness (QED) is 0.762. The molecule has 5 heteroatoms. The Hall–Kier alpha value is -0.935. The maximum Gasteiger partial charge on any atom is 0.462 e. The lowest BCUT2D eigenvalue weighted by Crippen LogP contribution is -2.41. The van der Waals surface area contributed by atoms with Crippen molar-refractivity contribution in [1.82, 2.24) is 0 Å². The molecular weight excluding hydrogens is 273 g/mol. The fraction of sp³-hybridized carbons (Fsp3) is 0.625. The molecule has 1 aliphatic carbocycles. The molecule has 1 heterocycles. The standard InChI is InChI=1S/C16H21BF2O2/c1-9-13(11-7-6-10(18)8-12(11)19)14(9)17-20-15(2,3)16(4,5)21-17/h6-9,13-14H,1-5H3/t9-,13?,14?/m0/s1. The fourth-order valence-corrected chi connectivity index (χ4v) is 3.22. The molecule has 1 saturated carbocycles. The molecule has 21 heavy (non-hydrogen) atoms. The number of halogens is 2. The van der Waals surface area contributed by atoms with E-state index in [2.05, 4.69) is 6.92 Å². The normalized spacial score (nSPS) is 33.3. The van der Waals surface area contributed by atoms with Crippen LogP contribution in [0.25, 0.3) is 0 Å². The van der Waals surface area contributed by atoms with Crippen molar-refractivity contribution >= 4 is 7.12 Å². The fourth-order valence-electron chi connectivity index (χ4n) is 3.22. The van der Waals surface area contributed by atoms with Crippen LogP contribution in [0.4, 0.5) is 8.78 Å². The van der Waals surface area contributed by atoms with Crippen LogP contribution in [0.5, 0.6) is 0 Å². The lowest BCUT2D eigenvalue weighted by molar-refractivity contribution is 0.00578. The van der Waals surface area contributed by atoms with Gasteiger partial charge in [0.2, 0.25) is 0 Å². The van der Waals surface area contributed by atoms with Crippen molar-refractivity contribution in [3.8, 4) is 0 Å². The van der Waals surface area contributed by atoms with E-state index < -0.39 is 11.6 Å². The monoisotopic (exact) mass is 294 g/mol. The number of hydrogen-bond acceptors (Lipinski definition) is 2. The molecule has 0 amide bonds. The first-order chi connectivity index (χ1) is 9.64. The van der Waals surface area contributed by atoms with Crippen LogP contribution in [-0.2, 0) is 9.31 Å². The van der Waals surface area contributed by atoms with Gasteiger partial charge in [0, 0.05) is 11.9 Å². The van der Waals surface area contributed by atoms with Crippen LogP contribution >= 0.6 is 0 Å². The van der Waals surface area contributed by atoms with Crippen LogP contribution in [0.3, 0.4) is 0 Å². The Morgan fingerprint density at radius 2 is 1.62 bits per heavy atom. The first-order valence-electron chi connectivity index (χ1n) is 7.45. The molecule has 114 valence electrons. The van der Waals surface area contributed by atoms with E-state index >= 15 is 0 Å². The molecule has 0 bridgehead atoms. The second-order valence-electron chi connectivity index (χ2n) is 7.25. The highest BCUT2D eigenvalue weighted by atomic mass is 19.1. The minimum absolute atomic E-state index is 0.0281. The molecule has 0 aromatic heterocycles.